The number of halogens is 6. The van der Waals surface area contributed by atoms with Gasteiger partial charge in [0.05, 0.1) is 27.8 Å². The number of carbonyl (C=O) groups is 1. The monoisotopic (exact) mass is 552 g/mol. The molecule has 1 aliphatic rings. The van der Waals surface area contributed by atoms with Gasteiger partial charge in [0.1, 0.15) is 5.75 Å². The van der Waals surface area contributed by atoms with Crippen molar-refractivity contribution in [2.75, 3.05) is 6.54 Å². The molecule has 0 bridgehead atoms. The number of amides is 1. The van der Waals surface area contributed by atoms with Crippen LogP contribution in [0, 0.1) is 11.8 Å². The third-order valence-corrected chi connectivity index (χ3v) is 7.02. The zero-order chi connectivity index (χ0) is 27.5. The van der Waals surface area contributed by atoms with Crippen LogP contribution < -0.4 is 10.1 Å². The Morgan fingerprint density at radius 2 is 2.00 bits per heavy atom. The lowest BCUT2D eigenvalue weighted by molar-refractivity contribution is -0.169. The van der Waals surface area contributed by atoms with Crippen LogP contribution in [0.25, 0.3) is 11.3 Å². The lowest BCUT2D eigenvalue weighted by Crippen LogP contribution is -2.45. The first-order valence-electron chi connectivity index (χ1n) is 12.0. The molecule has 1 amide bonds. The molecular weight excluding hydrogens is 523 g/mol. The minimum Gasteiger partial charge on any atom is -0.434 e. The molecule has 7 nitrogen and oxygen atoms in total. The normalized spacial score (nSPS) is 21.2. The fourth-order valence-corrected chi connectivity index (χ4v) is 4.59. The van der Waals surface area contributed by atoms with Crippen molar-refractivity contribution in [2.24, 2.45) is 11.8 Å². The lowest BCUT2D eigenvalue weighted by Gasteiger charge is -2.34. The second-order valence-corrected chi connectivity index (χ2v) is 9.99. The Morgan fingerprint density at radius 3 is 2.57 bits per heavy atom. The summed E-state index contributed by atoms with van der Waals surface area (Å²) in [5, 5.41) is 17.4. The Labute approximate surface area is 216 Å². The highest BCUT2D eigenvalue weighted by molar-refractivity contribution is 6.36. The predicted octanol–water partition coefficient (Wildman–Crippen LogP) is 5.63. The standard InChI is InChI=1S/C24H30ClF5N4O3/c1-4-34-20(16-11-31-15(9-14(3)24(28,29)30)10-17(16)37-22(26)27)18(25)19(33-34)21(35)32-12-23(36)7-5-13(2)6-8-23/h10-11,13-14,22,36H,4-9,12H2,1-3H3,(H,32,35). The van der Waals surface area contributed by atoms with E-state index in [-0.39, 0.29) is 40.8 Å². The van der Waals surface area contributed by atoms with Gasteiger partial charge in [-0.25, -0.2) is 0 Å². The average Bonchev–Trinajstić information content (AvgIpc) is 3.15. The number of hydrogen-bond acceptors (Lipinski definition) is 5. The van der Waals surface area contributed by atoms with Crippen LogP contribution in [0.4, 0.5) is 22.0 Å². The van der Waals surface area contributed by atoms with E-state index in [2.05, 4.69) is 27.1 Å². The minimum absolute atomic E-state index is 0.00339. The maximum absolute atomic E-state index is 13.2. The van der Waals surface area contributed by atoms with E-state index in [9.17, 15) is 31.9 Å². The van der Waals surface area contributed by atoms with E-state index in [4.69, 9.17) is 11.6 Å². The molecule has 1 unspecified atom stereocenters. The molecule has 0 aliphatic heterocycles. The molecule has 0 radical (unpaired) electrons. The summed E-state index contributed by atoms with van der Waals surface area (Å²) in [6.07, 6.45) is -1.21. The molecule has 2 aromatic rings. The van der Waals surface area contributed by atoms with E-state index in [0.29, 0.717) is 18.8 Å². The Kier molecular flexibility index (Phi) is 9.05. The van der Waals surface area contributed by atoms with Crippen LogP contribution >= 0.6 is 11.6 Å². The van der Waals surface area contributed by atoms with Crippen LogP contribution in [-0.2, 0) is 13.0 Å². The van der Waals surface area contributed by atoms with Crippen LogP contribution in [0.15, 0.2) is 12.3 Å². The second-order valence-electron chi connectivity index (χ2n) is 9.61. The maximum atomic E-state index is 13.2. The van der Waals surface area contributed by atoms with Crippen LogP contribution in [0.5, 0.6) is 5.75 Å². The molecule has 1 saturated carbocycles. The number of aromatic nitrogens is 3. The van der Waals surface area contributed by atoms with Gasteiger partial charge in [0.15, 0.2) is 5.69 Å². The largest absolute Gasteiger partial charge is 0.434 e. The van der Waals surface area contributed by atoms with Crippen molar-refractivity contribution in [2.45, 2.75) is 77.8 Å². The van der Waals surface area contributed by atoms with Gasteiger partial charge in [-0.1, -0.05) is 25.4 Å². The Morgan fingerprint density at radius 1 is 1.35 bits per heavy atom. The molecule has 2 aromatic heterocycles. The van der Waals surface area contributed by atoms with Crippen molar-refractivity contribution in [3.05, 3.63) is 28.7 Å². The minimum atomic E-state index is -4.49. The van der Waals surface area contributed by atoms with Gasteiger partial charge in [0.2, 0.25) is 0 Å². The number of aliphatic hydroxyl groups is 1. The Balaban J connectivity index is 1.91. The molecule has 3 rings (SSSR count). The van der Waals surface area contributed by atoms with E-state index in [1.807, 2.05) is 0 Å². The van der Waals surface area contributed by atoms with Crippen molar-refractivity contribution < 1.29 is 36.6 Å². The second kappa shape index (κ2) is 11.5. The van der Waals surface area contributed by atoms with Crippen LogP contribution in [-0.4, -0.2) is 50.7 Å². The number of nitrogens with zero attached hydrogens (tertiary/aromatic N) is 3. The SMILES string of the molecule is CCn1nc(C(=O)NCC2(O)CCC(C)CC2)c(Cl)c1-c1cnc(CC(C)C(F)(F)F)cc1OC(F)F. The third kappa shape index (κ3) is 7.10. The molecule has 1 fully saturated rings. The van der Waals surface area contributed by atoms with E-state index in [0.717, 1.165) is 32.0 Å². The number of aryl methyl sites for hydroxylation is 1. The summed E-state index contributed by atoms with van der Waals surface area (Å²) in [7, 11) is 0. The predicted molar refractivity (Wildman–Crippen MR) is 127 cm³/mol. The Bertz CT molecular complexity index is 1100. The summed E-state index contributed by atoms with van der Waals surface area (Å²) in [4.78, 5) is 16.9. The highest BCUT2D eigenvalue weighted by Crippen LogP contribution is 2.39. The summed E-state index contributed by atoms with van der Waals surface area (Å²) in [6, 6.07) is 1.01. The molecule has 0 saturated heterocycles. The first-order valence-corrected chi connectivity index (χ1v) is 12.4. The van der Waals surface area contributed by atoms with Crippen LogP contribution in [0.3, 0.4) is 0 Å². The first kappa shape index (κ1) is 29.1. The highest BCUT2D eigenvalue weighted by Gasteiger charge is 2.37. The van der Waals surface area contributed by atoms with Gasteiger partial charge in [-0.3, -0.25) is 14.5 Å². The van der Waals surface area contributed by atoms with Crippen molar-refractivity contribution in [3.8, 4) is 17.0 Å². The molecule has 0 spiro atoms. The lowest BCUT2D eigenvalue weighted by atomic mass is 9.79. The number of nitrogens with one attached hydrogen (secondary N) is 1. The highest BCUT2D eigenvalue weighted by atomic mass is 35.5. The van der Waals surface area contributed by atoms with Gasteiger partial charge in [-0.2, -0.15) is 27.1 Å². The van der Waals surface area contributed by atoms with Gasteiger partial charge >= 0.3 is 12.8 Å². The molecule has 2 N–H and O–H groups in total. The summed E-state index contributed by atoms with van der Waals surface area (Å²) in [6.45, 7) is 1.65. The Hall–Kier alpha value is -2.47. The van der Waals surface area contributed by atoms with E-state index in [1.54, 1.807) is 6.92 Å². The number of hydrogen-bond donors (Lipinski definition) is 2. The van der Waals surface area contributed by atoms with Gasteiger partial charge in [-0.15, -0.1) is 0 Å². The van der Waals surface area contributed by atoms with E-state index in [1.165, 1.54) is 4.68 Å². The molecule has 13 heteroatoms. The quantitative estimate of drug-likeness (QED) is 0.394. The number of ether oxygens (including phenoxy) is 1. The maximum Gasteiger partial charge on any atom is 0.391 e. The average molecular weight is 553 g/mol. The summed E-state index contributed by atoms with van der Waals surface area (Å²) in [5.74, 6) is -2.36. The van der Waals surface area contributed by atoms with Crippen LogP contribution in [0.2, 0.25) is 5.02 Å². The zero-order valence-electron chi connectivity index (χ0n) is 20.7. The molecule has 1 atom stereocenters. The van der Waals surface area contributed by atoms with Crippen molar-refractivity contribution >= 4 is 17.5 Å². The summed E-state index contributed by atoms with van der Waals surface area (Å²) >= 11 is 6.48. The molecular formula is C24H30ClF5N4O3. The van der Waals surface area contributed by atoms with Gasteiger partial charge in [0.25, 0.3) is 5.91 Å². The molecule has 1 aliphatic carbocycles. The van der Waals surface area contributed by atoms with E-state index >= 15 is 0 Å². The summed E-state index contributed by atoms with van der Waals surface area (Å²) in [5.41, 5.74) is -1.34. The smallest absolute Gasteiger partial charge is 0.391 e. The van der Waals surface area contributed by atoms with E-state index < -0.39 is 42.4 Å². The van der Waals surface area contributed by atoms with Gasteiger partial charge in [-0.05, 0) is 38.5 Å². The molecule has 2 heterocycles. The fraction of sp³-hybridized carbons (Fsp3) is 0.625. The molecule has 0 aromatic carbocycles. The fourth-order valence-electron chi connectivity index (χ4n) is 4.27. The first-order chi connectivity index (χ1) is 17.2. The number of alkyl halides is 5. The summed E-state index contributed by atoms with van der Waals surface area (Å²) < 4.78 is 71.2. The van der Waals surface area contributed by atoms with Crippen LogP contribution in [0.1, 0.15) is 62.6 Å². The number of pyridine rings is 1. The van der Waals surface area contributed by atoms with Crippen molar-refractivity contribution in [1.82, 2.24) is 20.1 Å². The molecule has 37 heavy (non-hydrogen) atoms. The van der Waals surface area contributed by atoms with Crippen molar-refractivity contribution in [1.29, 1.82) is 0 Å². The van der Waals surface area contributed by atoms with Gasteiger partial charge < -0.3 is 15.2 Å². The topological polar surface area (TPSA) is 89.3 Å². The number of rotatable bonds is 9. The third-order valence-electron chi connectivity index (χ3n) is 6.66. The molecule has 206 valence electrons. The number of carbonyl (C=O) groups excluding carboxylic acids is 1. The van der Waals surface area contributed by atoms with Gasteiger partial charge in [0, 0.05) is 37.5 Å². The van der Waals surface area contributed by atoms with Crippen molar-refractivity contribution in [3.63, 3.8) is 0 Å². The zero-order valence-corrected chi connectivity index (χ0v) is 21.5.